The van der Waals surface area contributed by atoms with E-state index in [9.17, 15) is 20.1 Å². The van der Waals surface area contributed by atoms with Crippen molar-refractivity contribution in [2.24, 2.45) is 17.8 Å². The summed E-state index contributed by atoms with van der Waals surface area (Å²) < 4.78 is 31.6. The maximum Gasteiger partial charge on any atom is 0.394 e. The topological polar surface area (TPSA) is 156 Å². The highest BCUT2D eigenvalue weighted by atomic mass is 32.3. The van der Waals surface area contributed by atoms with Crippen LogP contribution in [0.1, 0.15) is 121 Å². The first-order valence-corrected chi connectivity index (χ1v) is 20.1. The molecule has 0 radical (unpaired) electrons. The molecule has 0 bridgehead atoms. The van der Waals surface area contributed by atoms with Crippen molar-refractivity contribution in [1.29, 1.82) is 0 Å². The number of carbonyl (C=O) groups is 1. The van der Waals surface area contributed by atoms with Gasteiger partial charge >= 0.3 is 16.4 Å². The van der Waals surface area contributed by atoms with Crippen LogP contribution in [0.25, 0.3) is 0 Å². The summed E-state index contributed by atoms with van der Waals surface area (Å²) in [6.45, 7) is 15.3. The Morgan fingerprint density at radius 1 is 0.788 bits per heavy atom. The highest BCUT2D eigenvalue weighted by molar-refractivity contribution is 7.79. The van der Waals surface area contributed by atoms with Gasteiger partial charge in [0.2, 0.25) is 0 Å². The van der Waals surface area contributed by atoms with Gasteiger partial charge in [0.1, 0.15) is 5.60 Å². The molecule has 0 aliphatic carbocycles. The zero-order valence-corrected chi connectivity index (χ0v) is 32.8. The summed E-state index contributed by atoms with van der Waals surface area (Å²) in [5.74, 6) is 1.10. The summed E-state index contributed by atoms with van der Waals surface area (Å²) in [5, 5.41) is 32.2. The van der Waals surface area contributed by atoms with Gasteiger partial charge in [0, 0.05) is 0 Å². The van der Waals surface area contributed by atoms with Gasteiger partial charge in [-0.15, -0.1) is 0 Å². The van der Waals surface area contributed by atoms with Crippen LogP contribution in [-0.4, -0.2) is 63.3 Å². The third kappa shape index (κ3) is 15.1. The molecule has 2 atom stereocenters. The molecule has 10 heteroatoms. The Morgan fingerprint density at radius 2 is 1.27 bits per heavy atom. The van der Waals surface area contributed by atoms with E-state index in [0.717, 1.165) is 73.0 Å². The molecule has 0 amide bonds. The van der Waals surface area contributed by atoms with Crippen LogP contribution in [0.2, 0.25) is 0 Å². The third-order valence-corrected chi connectivity index (χ3v) is 10.3. The van der Waals surface area contributed by atoms with Crippen molar-refractivity contribution in [3.05, 3.63) is 107 Å². The van der Waals surface area contributed by atoms with Crippen molar-refractivity contribution in [1.82, 2.24) is 4.90 Å². The predicted octanol–water partition coefficient (Wildman–Crippen LogP) is 8.72. The van der Waals surface area contributed by atoms with Crippen LogP contribution in [0.15, 0.2) is 84.9 Å². The minimum Gasteiger partial charge on any atom is -0.481 e. The average molecular weight is 742 g/mol. The van der Waals surface area contributed by atoms with E-state index >= 15 is 0 Å². The molecule has 1 aliphatic rings. The molecule has 1 heterocycles. The van der Waals surface area contributed by atoms with Gasteiger partial charge in [0.05, 0.1) is 11.5 Å². The number of piperidine rings is 1. The average Bonchev–Trinajstić information content (AvgIpc) is 3.11. The lowest BCUT2D eigenvalue weighted by molar-refractivity contribution is -0.142. The number of benzene rings is 3. The maximum atomic E-state index is 12.1. The quantitative estimate of drug-likeness (QED) is 0.0962. The molecule has 1 saturated heterocycles. The van der Waals surface area contributed by atoms with Crippen LogP contribution in [-0.2, 0) is 26.2 Å². The Labute approximate surface area is 312 Å². The van der Waals surface area contributed by atoms with Gasteiger partial charge in [-0.3, -0.25) is 13.9 Å². The number of likely N-dealkylation sites (tertiary alicyclic amines) is 1. The summed E-state index contributed by atoms with van der Waals surface area (Å²) in [6, 6.07) is 27.3. The number of aliphatic hydroxyl groups is 2. The van der Waals surface area contributed by atoms with E-state index in [2.05, 4.69) is 32.6 Å². The lowest BCUT2D eigenvalue weighted by atomic mass is 9.72. The van der Waals surface area contributed by atoms with E-state index in [1.54, 1.807) is 26.0 Å². The molecular formula is C42H63NO8S. The molecule has 1 aliphatic heterocycles. The zero-order valence-electron chi connectivity index (χ0n) is 32.0. The van der Waals surface area contributed by atoms with E-state index in [4.69, 9.17) is 17.5 Å². The lowest BCUT2D eigenvalue weighted by Crippen LogP contribution is -2.44. The molecule has 0 aromatic heterocycles. The molecule has 52 heavy (non-hydrogen) atoms. The molecule has 4 rings (SSSR count). The van der Waals surface area contributed by atoms with Crippen LogP contribution in [0.3, 0.4) is 0 Å². The predicted molar refractivity (Wildman–Crippen MR) is 209 cm³/mol. The Kier molecular flexibility index (Phi) is 18.7. The minimum absolute atomic E-state index is 0.132. The number of nitrogens with zero attached hydrogens (tertiary/aromatic N) is 1. The lowest BCUT2D eigenvalue weighted by Gasteiger charge is -2.42. The molecule has 0 spiro atoms. The van der Waals surface area contributed by atoms with Crippen molar-refractivity contribution < 1.29 is 37.6 Å². The fourth-order valence-electron chi connectivity index (χ4n) is 6.60. The fraction of sp³-hybridized carbons (Fsp3) is 0.548. The minimum atomic E-state index is -4.67. The molecule has 1 fully saturated rings. The van der Waals surface area contributed by atoms with Crippen LogP contribution < -0.4 is 0 Å². The van der Waals surface area contributed by atoms with Crippen molar-refractivity contribution in [2.75, 3.05) is 19.6 Å². The molecular weight excluding hydrogens is 679 g/mol. The number of rotatable bonds is 15. The van der Waals surface area contributed by atoms with Crippen molar-refractivity contribution in [2.45, 2.75) is 110 Å². The number of aliphatic hydroxyl groups excluding tert-OH is 1. The first-order valence-electron chi connectivity index (χ1n) is 18.7. The molecule has 5 N–H and O–H groups in total. The van der Waals surface area contributed by atoms with E-state index in [-0.39, 0.29) is 5.92 Å². The van der Waals surface area contributed by atoms with E-state index in [1.807, 2.05) is 72.8 Å². The molecule has 2 unspecified atom stereocenters. The summed E-state index contributed by atoms with van der Waals surface area (Å²) in [7, 11) is -4.67. The number of carboxylic acid groups (broad SMARTS) is 1. The summed E-state index contributed by atoms with van der Waals surface area (Å²) in [4.78, 5) is 13.9. The van der Waals surface area contributed by atoms with Gasteiger partial charge < -0.3 is 20.2 Å². The van der Waals surface area contributed by atoms with Crippen LogP contribution in [0.4, 0.5) is 0 Å². The highest BCUT2D eigenvalue weighted by Crippen LogP contribution is 2.42. The summed E-state index contributed by atoms with van der Waals surface area (Å²) in [5.41, 5.74) is 1.47. The zero-order chi connectivity index (χ0) is 39.0. The van der Waals surface area contributed by atoms with E-state index < -0.39 is 33.5 Å². The molecule has 290 valence electrons. The Hall–Kier alpha value is -3.12. The summed E-state index contributed by atoms with van der Waals surface area (Å²) >= 11 is 0. The van der Waals surface area contributed by atoms with Crippen LogP contribution in [0, 0.1) is 17.8 Å². The Bertz CT molecular complexity index is 1490. The second kappa shape index (κ2) is 21.5. The maximum absolute atomic E-state index is 12.1. The molecule has 0 saturated carbocycles. The SMILES string of the molecule is CC(C)(C(=O)O)c1ccc(C(O)CCCN2CCC(C(O)(c3ccccc3)c3ccccc3)CC2)cc1.CCC(C)CCCC(C)C.O=S(=O)(O)O. The molecule has 3 aromatic carbocycles. The first-order chi connectivity index (χ1) is 24.4. The fourth-order valence-corrected chi connectivity index (χ4v) is 6.60. The van der Waals surface area contributed by atoms with Gasteiger partial charge in [-0.25, -0.2) is 0 Å². The summed E-state index contributed by atoms with van der Waals surface area (Å²) in [6.07, 6.45) is 8.37. The third-order valence-electron chi connectivity index (χ3n) is 10.3. The first kappa shape index (κ1) is 45.0. The van der Waals surface area contributed by atoms with Gasteiger partial charge in [-0.05, 0) is 99.2 Å². The van der Waals surface area contributed by atoms with Crippen molar-refractivity contribution in [3.8, 4) is 0 Å². The number of carboxylic acids is 1. The highest BCUT2D eigenvalue weighted by Gasteiger charge is 2.41. The van der Waals surface area contributed by atoms with Gasteiger partial charge in [0.15, 0.2) is 0 Å². The van der Waals surface area contributed by atoms with Gasteiger partial charge in [-0.1, -0.05) is 138 Å². The number of hydrogen-bond donors (Lipinski definition) is 5. The van der Waals surface area contributed by atoms with Gasteiger partial charge in [-0.2, -0.15) is 8.42 Å². The monoisotopic (exact) mass is 741 g/mol. The number of aliphatic carboxylic acids is 1. The van der Waals surface area contributed by atoms with Crippen molar-refractivity contribution >= 4 is 16.4 Å². The normalized spacial score (nSPS) is 15.5. The second-order valence-electron chi connectivity index (χ2n) is 15.1. The van der Waals surface area contributed by atoms with Crippen LogP contribution >= 0.6 is 0 Å². The molecule has 9 nitrogen and oxygen atoms in total. The molecule has 3 aromatic rings. The smallest absolute Gasteiger partial charge is 0.394 e. The van der Waals surface area contributed by atoms with Gasteiger partial charge in [0.25, 0.3) is 0 Å². The van der Waals surface area contributed by atoms with Crippen molar-refractivity contribution in [3.63, 3.8) is 0 Å². The Morgan fingerprint density at radius 3 is 1.69 bits per heavy atom. The Balaban J connectivity index is 0.000000524. The number of hydrogen-bond acceptors (Lipinski definition) is 6. The van der Waals surface area contributed by atoms with Crippen LogP contribution in [0.5, 0.6) is 0 Å². The second-order valence-corrected chi connectivity index (χ2v) is 16.0. The van der Waals surface area contributed by atoms with E-state index in [1.165, 1.54) is 25.7 Å². The standard InChI is InChI=1S/C32H39NO4.C10H22.H2O4S/c1-31(2,30(35)36)25-17-15-24(16-18-25)29(34)14-9-21-33-22-19-28(20-23-33)32(37,26-10-5-3-6-11-26)27-12-7-4-8-13-27;1-5-10(4)8-6-7-9(2)3;1-5(2,3)4/h3-8,10-13,15-18,28-29,34,37H,9,14,19-23H2,1-2H3,(H,35,36);9-10H,5-8H2,1-4H3;(H2,1,2,3,4). The van der Waals surface area contributed by atoms with E-state index in [0.29, 0.717) is 6.42 Å². The largest absolute Gasteiger partial charge is 0.481 e.